The highest BCUT2D eigenvalue weighted by atomic mass is 16.7. The molecule has 0 aromatic carbocycles. The number of hydrogen-bond acceptors (Lipinski definition) is 2. The lowest BCUT2D eigenvalue weighted by Gasteiger charge is -2.21. The molecule has 0 bridgehead atoms. The summed E-state index contributed by atoms with van der Waals surface area (Å²) in [5, 5.41) is 0. The standard InChI is InChI=1S/C8H15O2/c1-2-6-9-8-5-3-4-7-10-8/h6,8H,2-5,7H2,1H3. The molecule has 0 N–H and O–H groups in total. The zero-order valence-corrected chi connectivity index (χ0v) is 6.51. The lowest BCUT2D eigenvalue weighted by Crippen LogP contribution is -2.20. The summed E-state index contributed by atoms with van der Waals surface area (Å²) in [4.78, 5) is 0. The number of ether oxygens (including phenoxy) is 2. The van der Waals surface area contributed by atoms with Crippen LogP contribution in [0.3, 0.4) is 0 Å². The second kappa shape index (κ2) is 4.69. The Morgan fingerprint density at radius 2 is 2.50 bits per heavy atom. The smallest absolute Gasteiger partial charge is 0.158 e. The van der Waals surface area contributed by atoms with E-state index in [0.717, 1.165) is 19.4 Å². The first-order valence-electron chi connectivity index (χ1n) is 4.02. The van der Waals surface area contributed by atoms with Gasteiger partial charge in [-0.05, 0) is 25.7 Å². The fraction of sp³-hybridized carbons (Fsp3) is 0.875. The van der Waals surface area contributed by atoms with Crippen LogP contribution in [-0.4, -0.2) is 12.9 Å². The van der Waals surface area contributed by atoms with Crippen molar-refractivity contribution in [1.82, 2.24) is 0 Å². The van der Waals surface area contributed by atoms with Crippen molar-refractivity contribution >= 4 is 0 Å². The second-order valence-corrected chi connectivity index (χ2v) is 2.51. The molecule has 2 heteroatoms. The molecule has 1 rings (SSSR count). The van der Waals surface area contributed by atoms with E-state index in [-0.39, 0.29) is 6.29 Å². The van der Waals surface area contributed by atoms with Crippen LogP contribution < -0.4 is 0 Å². The van der Waals surface area contributed by atoms with Gasteiger partial charge in [0.1, 0.15) is 0 Å². The van der Waals surface area contributed by atoms with E-state index in [1.54, 1.807) is 0 Å². The Balaban J connectivity index is 2.02. The van der Waals surface area contributed by atoms with Crippen molar-refractivity contribution in [2.75, 3.05) is 6.61 Å². The summed E-state index contributed by atoms with van der Waals surface area (Å²) < 4.78 is 10.6. The van der Waals surface area contributed by atoms with Crippen molar-refractivity contribution in [3.63, 3.8) is 0 Å². The van der Waals surface area contributed by atoms with E-state index in [9.17, 15) is 0 Å². The Bertz CT molecular complexity index is 77.3. The van der Waals surface area contributed by atoms with E-state index in [0.29, 0.717) is 0 Å². The molecule has 0 aliphatic carbocycles. The van der Waals surface area contributed by atoms with Gasteiger partial charge in [0.15, 0.2) is 6.29 Å². The Labute approximate surface area is 62.5 Å². The molecular formula is C8H15O2. The van der Waals surface area contributed by atoms with Gasteiger partial charge in [0.25, 0.3) is 0 Å². The van der Waals surface area contributed by atoms with Gasteiger partial charge in [-0.25, -0.2) is 0 Å². The SMILES string of the molecule is CC[CH]OC1CCCCO1. The Morgan fingerprint density at radius 1 is 1.60 bits per heavy atom. The van der Waals surface area contributed by atoms with Gasteiger partial charge in [0.2, 0.25) is 0 Å². The van der Waals surface area contributed by atoms with Crippen molar-refractivity contribution in [3.8, 4) is 0 Å². The molecule has 1 radical (unpaired) electrons. The Hall–Kier alpha value is -0.0800. The van der Waals surface area contributed by atoms with Gasteiger partial charge in [0, 0.05) is 6.61 Å². The molecular weight excluding hydrogens is 128 g/mol. The highest BCUT2D eigenvalue weighted by molar-refractivity contribution is 4.56. The fourth-order valence-electron chi connectivity index (χ4n) is 1.02. The van der Waals surface area contributed by atoms with Crippen LogP contribution in [0.25, 0.3) is 0 Å². The highest BCUT2D eigenvalue weighted by Gasteiger charge is 2.12. The molecule has 59 valence electrons. The third-order valence-electron chi connectivity index (χ3n) is 1.55. The van der Waals surface area contributed by atoms with Crippen molar-refractivity contribution in [3.05, 3.63) is 6.61 Å². The summed E-state index contributed by atoms with van der Waals surface area (Å²) >= 11 is 0. The molecule has 1 aliphatic rings. The van der Waals surface area contributed by atoms with Gasteiger partial charge in [0.05, 0.1) is 6.61 Å². The molecule has 0 spiro atoms. The largest absolute Gasteiger partial charge is 0.353 e. The van der Waals surface area contributed by atoms with Gasteiger partial charge in [-0.15, -0.1) is 0 Å². The molecule has 0 amide bonds. The third-order valence-corrected chi connectivity index (χ3v) is 1.55. The lowest BCUT2D eigenvalue weighted by molar-refractivity contribution is -0.143. The highest BCUT2D eigenvalue weighted by Crippen LogP contribution is 2.14. The molecule has 1 unspecified atom stereocenters. The molecule has 2 nitrogen and oxygen atoms in total. The minimum absolute atomic E-state index is 0.0497. The topological polar surface area (TPSA) is 18.5 Å². The number of rotatable bonds is 3. The zero-order valence-electron chi connectivity index (χ0n) is 6.51. The number of hydrogen-bond donors (Lipinski definition) is 0. The monoisotopic (exact) mass is 143 g/mol. The molecule has 0 aromatic rings. The molecule has 1 saturated heterocycles. The molecule has 1 atom stereocenters. The summed E-state index contributed by atoms with van der Waals surface area (Å²) in [6.45, 7) is 4.74. The van der Waals surface area contributed by atoms with E-state index in [2.05, 4.69) is 6.92 Å². The molecule has 1 fully saturated rings. The zero-order chi connectivity index (χ0) is 7.23. The normalized spacial score (nSPS) is 26.7. The Kier molecular flexibility index (Phi) is 3.76. The predicted octanol–water partition coefficient (Wildman–Crippen LogP) is 2.10. The van der Waals surface area contributed by atoms with Crippen LogP contribution in [0.15, 0.2) is 0 Å². The van der Waals surface area contributed by atoms with Gasteiger partial charge in [-0.2, -0.15) is 0 Å². The van der Waals surface area contributed by atoms with Gasteiger partial charge in [-0.1, -0.05) is 6.92 Å². The van der Waals surface area contributed by atoms with Crippen LogP contribution in [0.4, 0.5) is 0 Å². The first-order chi connectivity index (χ1) is 4.93. The van der Waals surface area contributed by atoms with Crippen molar-refractivity contribution in [1.29, 1.82) is 0 Å². The summed E-state index contributed by atoms with van der Waals surface area (Å²) in [5.41, 5.74) is 0. The van der Waals surface area contributed by atoms with E-state index in [4.69, 9.17) is 9.47 Å². The van der Waals surface area contributed by atoms with Crippen LogP contribution in [-0.2, 0) is 9.47 Å². The van der Waals surface area contributed by atoms with Crippen LogP contribution in [0.5, 0.6) is 0 Å². The van der Waals surface area contributed by atoms with Crippen LogP contribution in [0.2, 0.25) is 0 Å². The first-order valence-corrected chi connectivity index (χ1v) is 4.02. The maximum atomic E-state index is 5.33. The van der Waals surface area contributed by atoms with Gasteiger partial charge in [-0.3, -0.25) is 0 Å². The van der Waals surface area contributed by atoms with Crippen LogP contribution >= 0.6 is 0 Å². The second-order valence-electron chi connectivity index (χ2n) is 2.51. The van der Waals surface area contributed by atoms with E-state index < -0.39 is 0 Å². The van der Waals surface area contributed by atoms with Gasteiger partial charge >= 0.3 is 0 Å². The molecule has 1 aliphatic heterocycles. The first kappa shape index (κ1) is 8.02. The summed E-state index contributed by atoms with van der Waals surface area (Å²) in [7, 11) is 0. The minimum Gasteiger partial charge on any atom is -0.353 e. The summed E-state index contributed by atoms with van der Waals surface area (Å²) in [5.74, 6) is 0. The molecule has 0 saturated carbocycles. The molecule has 0 aromatic heterocycles. The molecule has 10 heavy (non-hydrogen) atoms. The Morgan fingerprint density at radius 3 is 3.10 bits per heavy atom. The lowest BCUT2D eigenvalue weighted by atomic mass is 10.2. The summed E-state index contributed by atoms with van der Waals surface area (Å²) in [6, 6.07) is 0. The molecule has 1 heterocycles. The third kappa shape index (κ3) is 2.67. The van der Waals surface area contributed by atoms with E-state index in [1.165, 1.54) is 12.8 Å². The minimum atomic E-state index is 0.0497. The van der Waals surface area contributed by atoms with Crippen molar-refractivity contribution in [2.45, 2.75) is 38.9 Å². The fourth-order valence-corrected chi connectivity index (χ4v) is 1.02. The summed E-state index contributed by atoms with van der Waals surface area (Å²) in [6.07, 6.45) is 4.48. The van der Waals surface area contributed by atoms with Gasteiger partial charge < -0.3 is 9.47 Å². The average molecular weight is 143 g/mol. The van der Waals surface area contributed by atoms with Crippen LogP contribution in [0.1, 0.15) is 32.6 Å². The maximum absolute atomic E-state index is 5.33. The quantitative estimate of drug-likeness (QED) is 0.602. The van der Waals surface area contributed by atoms with Crippen LogP contribution in [0, 0.1) is 6.61 Å². The van der Waals surface area contributed by atoms with E-state index >= 15 is 0 Å². The van der Waals surface area contributed by atoms with Crippen molar-refractivity contribution in [2.24, 2.45) is 0 Å². The van der Waals surface area contributed by atoms with E-state index in [1.807, 2.05) is 6.61 Å². The predicted molar refractivity (Wildman–Crippen MR) is 39.3 cm³/mol. The van der Waals surface area contributed by atoms with Crippen molar-refractivity contribution < 1.29 is 9.47 Å². The average Bonchev–Trinajstić information content (AvgIpc) is 2.03. The maximum Gasteiger partial charge on any atom is 0.158 e.